The number of benzene rings is 1. The van der Waals surface area contributed by atoms with Crippen LogP contribution in [-0.4, -0.2) is 13.4 Å². The summed E-state index contributed by atoms with van der Waals surface area (Å²) < 4.78 is 24.3. The van der Waals surface area contributed by atoms with E-state index in [1.54, 1.807) is 31.4 Å². The second kappa shape index (κ2) is 6.60. The molecule has 2 nitrogen and oxygen atoms in total. The van der Waals surface area contributed by atoms with Crippen LogP contribution in [0.1, 0.15) is 38.9 Å². The molecular formula is C14H21FO2. The van der Waals surface area contributed by atoms with Gasteiger partial charge in [0.1, 0.15) is 11.9 Å². The first kappa shape index (κ1) is 14.0. The van der Waals surface area contributed by atoms with Gasteiger partial charge in [-0.05, 0) is 24.1 Å². The van der Waals surface area contributed by atoms with Gasteiger partial charge in [0.25, 0.3) is 0 Å². The Morgan fingerprint density at radius 1 is 1.18 bits per heavy atom. The number of alkyl halides is 1. The molecule has 96 valence electrons. The van der Waals surface area contributed by atoms with E-state index in [0.717, 1.165) is 0 Å². The maximum atomic E-state index is 13.4. The van der Waals surface area contributed by atoms with E-state index in [9.17, 15) is 4.39 Å². The maximum Gasteiger partial charge on any atom is 0.201 e. The topological polar surface area (TPSA) is 18.5 Å². The highest BCUT2D eigenvalue weighted by Gasteiger charge is 2.14. The van der Waals surface area contributed by atoms with Gasteiger partial charge in [0.05, 0.1) is 0 Å². The number of hydrogen-bond acceptors (Lipinski definition) is 2. The molecule has 2 unspecified atom stereocenters. The van der Waals surface area contributed by atoms with Gasteiger partial charge in [-0.15, -0.1) is 0 Å². The molecule has 0 radical (unpaired) electrons. The van der Waals surface area contributed by atoms with Crippen molar-refractivity contribution in [1.29, 1.82) is 0 Å². The Balaban J connectivity index is 2.67. The molecule has 0 amide bonds. The molecule has 0 spiro atoms. The van der Waals surface area contributed by atoms with Crippen LogP contribution < -0.4 is 4.74 Å². The SMILES string of the molecule is CCC(F)c1ccc(OC(OC)C(C)C)cc1. The van der Waals surface area contributed by atoms with Crippen molar-refractivity contribution in [2.45, 2.75) is 39.7 Å². The highest BCUT2D eigenvalue weighted by Crippen LogP contribution is 2.24. The summed E-state index contributed by atoms with van der Waals surface area (Å²) >= 11 is 0. The zero-order chi connectivity index (χ0) is 12.8. The molecule has 0 bridgehead atoms. The fourth-order valence-electron chi connectivity index (χ4n) is 1.58. The van der Waals surface area contributed by atoms with Gasteiger partial charge in [0.15, 0.2) is 0 Å². The quantitative estimate of drug-likeness (QED) is 0.696. The Hall–Kier alpha value is -1.09. The fourth-order valence-corrected chi connectivity index (χ4v) is 1.58. The Morgan fingerprint density at radius 2 is 1.76 bits per heavy atom. The largest absolute Gasteiger partial charge is 0.465 e. The van der Waals surface area contributed by atoms with Gasteiger partial charge >= 0.3 is 0 Å². The summed E-state index contributed by atoms with van der Waals surface area (Å²) in [6.07, 6.45) is -0.673. The van der Waals surface area contributed by atoms with E-state index in [1.165, 1.54) is 0 Å². The Labute approximate surface area is 103 Å². The lowest BCUT2D eigenvalue weighted by atomic mass is 10.1. The number of rotatable bonds is 6. The van der Waals surface area contributed by atoms with E-state index in [2.05, 4.69) is 0 Å². The predicted octanol–water partition coefficient (Wildman–Crippen LogP) is 4.11. The monoisotopic (exact) mass is 240 g/mol. The smallest absolute Gasteiger partial charge is 0.201 e. The zero-order valence-electron chi connectivity index (χ0n) is 10.9. The minimum atomic E-state index is -0.896. The number of halogens is 1. The first-order valence-electron chi connectivity index (χ1n) is 6.02. The summed E-state index contributed by atoms with van der Waals surface area (Å²) in [7, 11) is 1.62. The van der Waals surface area contributed by atoms with Crippen LogP contribution in [0.4, 0.5) is 4.39 Å². The first-order chi connectivity index (χ1) is 8.08. The molecule has 1 aromatic carbocycles. The Bertz CT molecular complexity index is 321. The molecule has 0 aliphatic rings. The normalized spacial score (nSPS) is 14.7. The molecule has 3 heteroatoms. The lowest BCUT2D eigenvalue weighted by molar-refractivity contribution is -0.0833. The van der Waals surface area contributed by atoms with Gasteiger partial charge in [-0.3, -0.25) is 0 Å². The number of methoxy groups -OCH3 is 1. The standard InChI is InChI=1S/C14H21FO2/c1-5-13(15)11-6-8-12(9-7-11)17-14(16-4)10(2)3/h6-10,13-14H,5H2,1-4H3. The summed E-state index contributed by atoms with van der Waals surface area (Å²) in [4.78, 5) is 0. The zero-order valence-corrected chi connectivity index (χ0v) is 10.9. The molecule has 0 aliphatic carbocycles. The van der Waals surface area contributed by atoms with E-state index in [1.807, 2.05) is 20.8 Å². The van der Waals surface area contributed by atoms with Gasteiger partial charge in [0.2, 0.25) is 6.29 Å². The first-order valence-corrected chi connectivity index (χ1v) is 6.02. The highest BCUT2D eigenvalue weighted by molar-refractivity contribution is 5.28. The van der Waals surface area contributed by atoms with E-state index in [0.29, 0.717) is 17.7 Å². The molecule has 2 atom stereocenters. The second-order valence-electron chi connectivity index (χ2n) is 4.41. The van der Waals surface area contributed by atoms with Crippen molar-refractivity contribution in [1.82, 2.24) is 0 Å². The molecule has 0 aromatic heterocycles. The third-order valence-electron chi connectivity index (χ3n) is 2.63. The van der Waals surface area contributed by atoms with Crippen molar-refractivity contribution >= 4 is 0 Å². The lowest BCUT2D eigenvalue weighted by Gasteiger charge is -2.21. The molecule has 0 saturated carbocycles. The fraction of sp³-hybridized carbons (Fsp3) is 0.571. The van der Waals surface area contributed by atoms with Crippen molar-refractivity contribution in [2.75, 3.05) is 7.11 Å². The molecule has 0 heterocycles. The molecule has 1 rings (SSSR count). The minimum absolute atomic E-state index is 0.268. The molecule has 17 heavy (non-hydrogen) atoms. The molecule has 0 aliphatic heterocycles. The van der Waals surface area contributed by atoms with Crippen molar-refractivity contribution in [3.8, 4) is 5.75 Å². The van der Waals surface area contributed by atoms with E-state index in [-0.39, 0.29) is 12.2 Å². The average Bonchev–Trinajstić information content (AvgIpc) is 2.35. The van der Waals surface area contributed by atoms with Crippen LogP contribution in [0, 0.1) is 5.92 Å². The number of hydrogen-bond donors (Lipinski definition) is 0. The Kier molecular flexibility index (Phi) is 5.42. The highest BCUT2D eigenvalue weighted by atomic mass is 19.1. The van der Waals surface area contributed by atoms with Gasteiger partial charge in [-0.25, -0.2) is 4.39 Å². The molecule has 1 aromatic rings. The van der Waals surface area contributed by atoms with Crippen LogP contribution in [0.3, 0.4) is 0 Å². The van der Waals surface area contributed by atoms with Crippen molar-refractivity contribution in [3.05, 3.63) is 29.8 Å². The third kappa shape index (κ3) is 4.00. The third-order valence-corrected chi connectivity index (χ3v) is 2.63. The lowest BCUT2D eigenvalue weighted by Crippen LogP contribution is -2.24. The van der Waals surface area contributed by atoms with Crippen LogP contribution in [0.15, 0.2) is 24.3 Å². The van der Waals surface area contributed by atoms with Crippen LogP contribution in [0.25, 0.3) is 0 Å². The predicted molar refractivity (Wildman–Crippen MR) is 66.8 cm³/mol. The molecule has 0 fully saturated rings. The van der Waals surface area contributed by atoms with Crippen molar-refractivity contribution < 1.29 is 13.9 Å². The average molecular weight is 240 g/mol. The molecule has 0 N–H and O–H groups in total. The van der Waals surface area contributed by atoms with Gasteiger partial charge in [0, 0.05) is 13.0 Å². The maximum absolute atomic E-state index is 13.4. The number of ether oxygens (including phenoxy) is 2. The molecular weight excluding hydrogens is 219 g/mol. The summed E-state index contributed by atoms with van der Waals surface area (Å²) in [5.41, 5.74) is 0.693. The minimum Gasteiger partial charge on any atom is -0.465 e. The Morgan fingerprint density at radius 3 is 2.18 bits per heavy atom. The van der Waals surface area contributed by atoms with E-state index < -0.39 is 6.17 Å². The summed E-state index contributed by atoms with van der Waals surface area (Å²) in [6.45, 7) is 5.88. The van der Waals surface area contributed by atoms with E-state index in [4.69, 9.17) is 9.47 Å². The van der Waals surface area contributed by atoms with Gasteiger partial charge < -0.3 is 9.47 Å². The summed E-state index contributed by atoms with van der Waals surface area (Å²) in [5.74, 6) is 0.974. The van der Waals surface area contributed by atoms with Crippen LogP contribution in [-0.2, 0) is 4.74 Å². The van der Waals surface area contributed by atoms with Crippen molar-refractivity contribution in [2.24, 2.45) is 5.92 Å². The van der Waals surface area contributed by atoms with E-state index >= 15 is 0 Å². The van der Waals surface area contributed by atoms with Crippen LogP contribution in [0.2, 0.25) is 0 Å². The van der Waals surface area contributed by atoms with Crippen molar-refractivity contribution in [3.63, 3.8) is 0 Å². The second-order valence-corrected chi connectivity index (χ2v) is 4.41. The molecule has 0 saturated heterocycles. The van der Waals surface area contributed by atoms with Crippen LogP contribution >= 0.6 is 0 Å². The summed E-state index contributed by atoms with van der Waals surface area (Å²) in [5, 5.41) is 0. The van der Waals surface area contributed by atoms with Gasteiger partial charge in [-0.1, -0.05) is 32.9 Å². The van der Waals surface area contributed by atoms with Crippen LogP contribution in [0.5, 0.6) is 5.75 Å². The van der Waals surface area contributed by atoms with Gasteiger partial charge in [-0.2, -0.15) is 0 Å². The summed E-state index contributed by atoms with van der Waals surface area (Å²) in [6, 6.07) is 7.09.